The molecule has 0 radical (unpaired) electrons. The predicted octanol–water partition coefficient (Wildman–Crippen LogP) is -0.125. The summed E-state index contributed by atoms with van der Waals surface area (Å²) < 4.78 is 6.92. The van der Waals surface area contributed by atoms with Gasteiger partial charge in [-0.25, -0.2) is 0 Å². The van der Waals surface area contributed by atoms with Gasteiger partial charge in [-0.1, -0.05) is 0 Å². The second kappa shape index (κ2) is 6.85. The summed E-state index contributed by atoms with van der Waals surface area (Å²) in [5, 5.41) is 17.3. The molecule has 2 rings (SSSR count). The molecule has 2 heterocycles. The molecule has 1 aliphatic rings. The molecular formula is C11H18N6O3. The molecule has 0 saturated carbocycles. The van der Waals surface area contributed by atoms with Crippen molar-refractivity contribution in [3.63, 3.8) is 0 Å². The van der Waals surface area contributed by atoms with Crippen LogP contribution in [0.5, 0.6) is 0 Å². The smallest absolute Gasteiger partial charge is 0.306 e. The van der Waals surface area contributed by atoms with Crippen LogP contribution in [0.2, 0.25) is 0 Å². The number of hydrogen-bond acceptors (Lipinski definition) is 5. The summed E-state index contributed by atoms with van der Waals surface area (Å²) in [5.74, 6) is 0.349. The zero-order chi connectivity index (χ0) is 14.4. The minimum Gasteiger partial charge on any atom is -0.376 e. The van der Waals surface area contributed by atoms with Crippen LogP contribution < -0.4 is 11.1 Å². The number of nitrogens with two attached hydrogens (primary N) is 1. The Labute approximate surface area is 116 Å². The van der Waals surface area contributed by atoms with Crippen LogP contribution in [-0.2, 0) is 11.3 Å². The standard InChI is InChI=1S/C11H18N6O3/c12-11(14-7-10-2-1-5-20-10)13-3-4-16-8-9(6-15-16)17(18)19/h6,8,10H,1-5,7H2,(H3,12,13,14). The van der Waals surface area contributed by atoms with E-state index in [-0.39, 0.29) is 11.8 Å². The molecule has 1 saturated heterocycles. The molecule has 0 aliphatic carbocycles. The van der Waals surface area contributed by atoms with Crippen molar-refractivity contribution in [1.29, 1.82) is 0 Å². The third kappa shape index (κ3) is 4.19. The summed E-state index contributed by atoms with van der Waals surface area (Å²) >= 11 is 0. The molecular weight excluding hydrogens is 264 g/mol. The lowest BCUT2D eigenvalue weighted by molar-refractivity contribution is -0.385. The molecule has 1 aromatic rings. The van der Waals surface area contributed by atoms with Crippen LogP contribution in [0.1, 0.15) is 12.8 Å². The monoisotopic (exact) mass is 282 g/mol. The third-order valence-corrected chi connectivity index (χ3v) is 2.97. The van der Waals surface area contributed by atoms with E-state index in [1.54, 1.807) is 0 Å². The van der Waals surface area contributed by atoms with Gasteiger partial charge in [0.15, 0.2) is 5.96 Å². The highest BCUT2D eigenvalue weighted by atomic mass is 16.6. The Morgan fingerprint density at radius 2 is 2.60 bits per heavy atom. The Bertz CT molecular complexity index is 480. The molecule has 1 unspecified atom stereocenters. The Morgan fingerprint density at radius 3 is 3.25 bits per heavy atom. The van der Waals surface area contributed by atoms with Crippen LogP contribution in [-0.4, -0.2) is 46.5 Å². The molecule has 20 heavy (non-hydrogen) atoms. The first-order valence-electron chi connectivity index (χ1n) is 6.47. The lowest BCUT2D eigenvalue weighted by Gasteiger charge is -2.08. The molecule has 0 aromatic carbocycles. The number of guanidine groups is 1. The number of ether oxygens (including phenoxy) is 1. The van der Waals surface area contributed by atoms with Gasteiger partial charge in [0.1, 0.15) is 12.4 Å². The molecule has 0 spiro atoms. The van der Waals surface area contributed by atoms with E-state index < -0.39 is 4.92 Å². The van der Waals surface area contributed by atoms with Gasteiger partial charge in [0, 0.05) is 13.2 Å². The maximum absolute atomic E-state index is 10.5. The van der Waals surface area contributed by atoms with E-state index >= 15 is 0 Å². The maximum Gasteiger partial charge on any atom is 0.306 e. The summed E-state index contributed by atoms with van der Waals surface area (Å²) in [4.78, 5) is 14.2. The number of aromatic nitrogens is 2. The third-order valence-electron chi connectivity index (χ3n) is 2.97. The van der Waals surface area contributed by atoms with Gasteiger partial charge in [0.2, 0.25) is 0 Å². The van der Waals surface area contributed by atoms with Gasteiger partial charge in [-0.3, -0.25) is 19.8 Å². The number of aliphatic imine (C=N–C) groups is 1. The number of nitro groups is 1. The molecule has 9 heteroatoms. The van der Waals surface area contributed by atoms with Gasteiger partial charge in [-0.15, -0.1) is 0 Å². The van der Waals surface area contributed by atoms with Gasteiger partial charge in [0.05, 0.1) is 24.1 Å². The maximum atomic E-state index is 10.5. The fraction of sp³-hybridized carbons (Fsp3) is 0.636. The molecule has 0 amide bonds. The van der Waals surface area contributed by atoms with E-state index in [0.717, 1.165) is 19.4 Å². The lowest BCUT2D eigenvalue weighted by atomic mass is 10.2. The van der Waals surface area contributed by atoms with E-state index in [1.165, 1.54) is 17.1 Å². The zero-order valence-corrected chi connectivity index (χ0v) is 11.1. The van der Waals surface area contributed by atoms with Crippen LogP contribution in [0.3, 0.4) is 0 Å². The molecule has 3 N–H and O–H groups in total. The number of rotatable bonds is 6. The topological polar surface area (TPSA) is 121 Å². The number of nitrogens with zero attached hydrogens (tertiary/aromatic N) is 4. The van der Waals surface area contributed by atoms with Gasteiger partial charge in [-0.2, -0.15) is 5.10 Å². The van der Waals surface area contributed by atoms with Crippen LogP contribution in [0.25, 0.3) is 0 Å². The first kappa shape index (κ1) is 14.3. The largest absolute Gasteiger partial charge is 0.376 e. The minimum absolute atomic E-state index is 0.0231. The highest BCUT2D eigenvalue weighted by molar-refractivity contribution is 5.77. The van der Waals surface area contributed by atoms with Crippen molar-refractivity contribution in [1.82, 2.24) is 15.1 Å². The van der Waals surface area contributed by atoms with E-state index in [1.807, 2.05) is 0 Å². The van der Waals surface area contributed by atoms with Crippen molar-refractivity contribution < 1.29 is 9.66 Å². The Hall–Kier alpha value is -2.16. The summed E-state index contributed by atoms with van der Waals surface area (Å²) in [7, 11) is 0. The number of nitrogens with one attached hydrogen (secondary N) is 1. The van der Waals surface area contributed by atoms with Crippen molar-refractivity contribution in [2.75, 3.05) is 19.7 Å². The van der Waals surface area contributed by atoms with Crippen LogP contribution in [0, 0.1) is 10.1 Å². The average Bonchev–Trinajstić information content (AvgIpc) is 3.07. The van der Waals surface area contributed by atoms with E-state index in [9.17, 15) is 10.1 Å². The van der Waals surface area contributed by atoms with Gasteiger partial charge in [-0.05, 0) is 12.8 Å². The van der Waals surface area contributed by atoms with Crippen molar-refractivity contribution in [3.8, 4) is 0 Å². The summed E-state index contributed by atoms with van der Waals surface area (Å²) in [6.07, 6.45) is 4.86. The SMILES string of the molecule is NC(=NCC1CCCO1)NCCn1cc([N+](=O)[O-])cn1. The molecule has 0 bridgehead atoms. The average molecular weight is 282 g/mol. The van der Waals surface area contributed by atoms with E-state index in [2.05, 4.69) is 15.4 Å². The Kier molecular flexibility index (Phi) is 4.88. The predicted molar refractivity (Wildman–Crippen MR) is 72.3 cm³/mol. The van der Waals surface area contributed by atoms with Crippen molar-refractivity contribution >= 4 is 11.6 Å². The van der Waals surface area contributed by atoms with Gasteiger partial charge in [0.25, 0.3) is 0 Å². The molecule has 1 atom stereocenters. The molecule has 110 valence electrons. The van der Waals surface area contributed by atoms with Crippen molar-refractivity contribution in [3.05, 3.63) is 22.5 Å². The van der Waals surface area contributed by atoms with Crippen LogP contribution in [0.15, 0.2) is 17.4 Å². The first-order chi connectivity index (χ1) is 9.65. The summed E-state index contributed by atoms with van der Waals surface area (Å²) in [5.41, 5.74) is 5.69. The normalized spacial score (nSPS) is 19.2. The second-order valence-electron chi connectivity index (χ2n) is 4.51. The van der Waals surface area contributed by atoms with E-state index in [0.29, 0.717) is 25.6 Å². The van der Waals surface area contributed by atoms with Crippen LogP contribution >= 0.6 is 0 Å². The molecule has 1 aliphatic heterocycles. The second-order valence-corrected chi connectivity index (χ2v) is 4.51. The fourth-order valence-corrected chi connectivity index (χ4v) is 1.91. The summed E-state index contributed by atoms with van der Waals surface area (Å²) in [6.45, 7) is 2.33. The Balaban J connectivity index is 1.68. The highest BCUT2D eigenvalue weighted by Crippen LogP contribution is 2.11. The van der Waals surface area contributed by atoms with E-state index in [4.69, 9.17) is 10.5 Å². The quantitative estimate of drug-likeness (QED) is 0.324. The summed E-state index contributed by atoms with van der Waals surface area (Å²) in [6, 6.07) is 0. The van der Waals surface area contributed by atoms with Crippen molar-refractivity contribution in [2.45, 2.75) is 25.5 Å². The zero-order valence-electron chi connectivity index (χ0n) is 11.1. The Morgan fingerprint density at radius 1 is 1.75 bits per heavy atom. The fourth-order valence-electron chi connectivity index (χ4n) is 1.91. The molecule has 1 aromatic heterocycles. The lowest BCUT2D eigenvalue weighted by Crippen LogP contribution is -2.35. The van der Waals surface area contributed by atoms with Crippen LogP contribution in [0.4, 0.5) is 5.69 Å². The highest BCUT2D eigenvalue weighted by Gasteiger charge is 2.14. The van der Waals surface area contributed by atoms with Gasteiger partial charge < -0.3 is 15.8 Å². The number of hydrogen-bond donors (Lipinski definition) is 2. The molecule has 1 fully saturated rings. The molecule has 9 nitrogen and oxygen atoms in total. The van der Waals surface area contributed by atoms with Gasteiger partial charge >= 0.3 is 5.69 Å². The minimum atomic E-state index is -0.478. The first-order valence-corrected chi connectivity index (χ1v) is 6.47. The van der Waals surface area contributed by atoms with Crippen molar-refractivity contribution in [2.24, 2.45) is 10.7 Å².